The summed E-state index contributed by atoms with van der Waals surface area (Å²) in [5.41, 5.74) is 7.87. The van der Waals surface area contributed by atoms with E-state index in [1.54, 1.807) is 18.3 Å². The molecule has 4 aromatic rings. The lowest BCUT2D eigenvalue weighted by Crippen LogP contribution is -2.35. The van der Waals surface area contributed by atoms with Crippen molar-refractivity contribution in [1.29, 1.82) is 0 Å². The molecule has 130 valence electrons. The number of nitrogens with two attached hydrogens (primary N) is 1. The molecule has 1 atom stereocenters. The Morgan fingerprint density at radius 2 is 1.73 bits per heavy atom. The number of hydrogen-bond donors (Lipinski definition) is 1. The summed E-state index contributed by atoms with van der Waals surface area (Å²) in [6, 6.07) is 15.4. The van der Waals surface area contributed by atoms with E-state index in [0.717, 1.165) is 5.56 Å². The maximum absolute atomic E-state index is 6.43. The van der Waals surface area contributed by atoms with Gasteiger partial charge in [-0.15, -0.1) is 10.2 Å². The zero-order valence-electron chi connectivity index (χ0n) is 14.2. The third-order valence-corrected chi connectivity index (χ3v) is 3.95. The lowest BCUT2D eigenvalue weighted by Gasteiger charge is -2.20. The highest BCUT2D eigenvalue weighted by atomic mass is 16.4. The molecule has 1 aromatic carbocycles. The number of hydrogen-bond acceptors (Lipinski definition) is 7. The van der Waals surface area contributed by atoms with Crippen LogP contribution < -0.4 is 5.73 Å². The van der Waals surface area contributed by atoms with Gasteiger partial charge >= 0.3 is 0 Å². The van der Waals surface area contributed by atoms with Gasteiger partial charge in [0.05, 0.1) is 11.7 Å². The fourth-order valence-corrected chi connectivity index (χ4v) is 2.68. The Morgan fingerprint density at radius 3 is 2.46 bits per heavy atom. The van der Waals surface area contributed by atoms with E-state index in [1.807, 2.05) is 43.3 Å². The summed E-state index contributed by atoms with van der Waals surface area (Å²) in [6.07, 6.45) is 3.65. The van der Waals surface area contributed by atoms with Gasteiger partial charge in [-0.1, -0.05) is 36.4 Å². The van der Waals surface area contributed by atoms with Gasteiger partial charge in [-0.3, -0.25) is 0 Å². The van der Waals surface area contributed by atoms with E-state index in [2.05, 4.69) is 20.2 Å². The first-order valence-electron chi connectivity index (χ1n) is 8.16. The molecule has 0 radical (unpaired) electrons. The van der Waals surface area contributed by atoms with Crippen LogP contribution in [-0.2, 0) is 12.0 Å². The molecular weight excluding hydrogens is 330 g/mol. The molecule has 0 amide bonds. The molecule has 0 saturated heterocycles. The minimum absolute atomic E-state index is 0.304. The zero-order valence-corrected chi connectivity index (χ0v) is 14.2. The molecule has 7 nitrogen and oxygen atoms in total. The lowest BCUT2D eigenvalue weighted by molar-refractivity contribution is 0.355. The smallest absolute Gasteiger partial charge is 0.266 e. The average Bonchev–Trinajstić information content (AvgIpc) is 3.35. The van der Waals surface area contributed by atoms with Gasteiger partial charge < -0.3 is 14.6 Å². The highest BCUT2D eigenvalue weighted by Gasteiger charge is 2.29. The summed E-state index contributed by atoms with van der Waals surface area (Å²) >= 11 is 0. The van der Waals surface area contributed by atoms with E-state index in [1.165, 1.54) is 6.26 Å². The molecule has 0 unspecified atom stereocenters. The molecule has 26 heavy (non-hydrogen) atoms. The second-order valence-electron chi connectivity index (χ2n) is 6.24. The minimum Gasteiger partial charge on any atom is -0.443 e. The summed E-state index contributed by atoms with van der Waals surface area (Å²) in [5.74, 6) is 1.09. The molecule has 0 saturated carbocycles. The molecule has 4 rings (SSSR count). The lowest BCUT2D eigenvalue weighted by atomic mass is 9.94. The normalized spacial score (nSPS) is 13.5. The van der Waals surface area contributed by atoms with Gasteiger partial charge in [-0.25, -0.2) is 9.97 Å². The van der Waals surface area contributed by atoms with Crippen molar-refractivity contribution in [3.63, 3.8) is 0 Å². The van der Waals surface area contributed by atoms with Gasteiger partial charge in [0.2, 0.25) is 11.8 Å². The van der Waals surface area contributed by atoms with Crippen LogP contribution in [0.1, 0.15) is 18.4 Å². The van der Waals surface area contributed by atoms with Crippen molar-refractivity contribution in [2.75, 3.05) is 0 Å². The van der Waals surface area contributed by atoms with Crippen molar-refractivity contribution in [3.8, 4) is 23.2 Å². The van der Waals surface area contributed by atoms with Crippen molar-refractivity contribution in [2.45, 2.75) is 18.9 Å². The van der Waals surface area contributed by atoms with Gasteiger partial charge in [0.25, 0.3) is 5.89 Å². The zero-order chi connectivity index (χ0) is 18.0. The quantitative estimate of drug-likeness (QED) is 0.591. The monoisotopic (exact) mass is 347 g/mol. The highest BCUT2D eigenvalue weighted by Crippen LogP contribution is 2.26. The standard InChI is InChI=1S/C19H17N5O2/c1-19(20,12-13-6-3-2-4-7-13)18-24-23-17(26-18)15-9-5-8-14(22-15)16-21-10-11-25-16/h2-11H,12,20H2,1H3/t19-/m0/s1. The third kappa shape index (κ3) is 3.25. The topological polar surface area (TPSA) is 104 Å². The van der Waals surface area contributed by atoms with Gasteiger partial charge in [-0.2, -0.15) is 0 Å². The number of aromatic nitrogens is 4. The first-order valence-corrected chi connectivity index (χ1v) is 8.16. The van der Waals surface area contributed by atoms with E-state index in [4.69, 9.17) is 14.6 Å². The summed E-state index contributed by atoms with van der Waals surface area (Å²) < 4.78 is 11.1. The summed E-state index contributed by atoms with van der Waals surface area (Å²) in [5, 5.41) is 8.24. The van der Waals surface area contributed by atoms with Crippen molar-refractivity contribution >= 4 is 0 Å². The van der Waals surface area contributed by atoms with Crippen LogP contribution in [0.2, 0.25) is 0 Å². The predicted molar refractivity (Wildman–Crippen MR) is 94.7 cm³/mol. The predicted octanol–water partition coefficient (Wildman–Crippen LogP) is 3.20. The van der Waals surface area contributed by atoms with Gasteiger partial charge in [0.15, 0.2) is 0 Å². The van der Waals surface area contributed by atoms with Crippen LogP contribution in [0.25, 0.3) is 23.2 Å². The Labute approximate surface area is 149 Å². The van der Waals surface area contributed by atoms with Crippen LogP contribution in [0.5, 0.6) is 0 Å². The fourth-order valence-electron chi connectivity index (χ4n) is 2.68. The van der Waals surface area contributed by atoms with E-state index in [0.29, 0.717) is 35.5 Å². The summed E-state index contributed by atoms with van der Waals surface area (Å²) in [4.78, 5) is 8.57. The van der Waals surface area contributed by atoms with E-state index >= 15 is 0 Å². The van der Waals surface area contributed by atoms with E-state index < -0.39 is 5.54 Å². The molecule has 0 aliphatic carbocycles. The van der Waals surface area contributed by atoms with Crippen molar-refractivity contribution in [1.82, 2.24) is 20.2 Å². The SMILES string of the molecule is C[C@](N)(Cc1ccccc1)c1nnc(-c2cccc(-c3ncco3)n2)o1. The number of oxazole rings is 1. The number of pyridine rings is 1. The van der Waals surface area contributed by atoms with Crippen molar-refractivity contribution in [2.24, 2.45) is 5.73 Å². The van der Waals surface area contributed by atoms with Crippen LogP contribution in [0.3, 0.4) is 0 Å². The molecule has 0 aliphatic heterocycles. The van der Waals surface area contributed by atoms with Gasteiger partial charge in [0, 0.05) is 0 Å². The fraction of sp³-hybridized carbons (Fsp3) is 0.158. The van der Waals surface area contributed by atoms with Gasteiger partial charge in [0.1, 0.15) is 17.7 Å². The summed E-state index contributed by atoms with van der Waals surface area (Å²) in [6.45, 7) is 1.87. The molecule has 0 bridgehead atoms. The Balaban J connectivity index is 1.61. The number of rotatable bonds is 5. The van der Waals surface area contributed by atoms with Gasteiger partial charge in [-0.05, 0) is 31.0 Å². The first kappa shape index (κ1) is 16.2. The highest BCUT2D eigenvalue weighted by molar-refractivity contribution is 5.55. The Morgan fingerprint density at radius 1 is 0.962 bits per heavy atom. The molecule has 2 N–H and O–H groups in total. The molecule has 3 heterocycles. The van der Waals surface area contributed by atoms with Crippen LogP contribution in [-0.4, -0.2) is 20.2 Å². The van der Waals surface area contributed by atoms with Crippen LogP contribution in [0, 0.1) is 0 Å². The van der Waals surface area contributed by atoms with Crippen LogP contribution in [0.4, 0.5) is 0 Å². The van der Waals surface area contributed by atoms with Crippen LogP contribution >= 0.6 is 0 Å². The molecule has 3 aromatic heterocycles. The Hall–Kier alpha value is -3.32. The Kier molecular flexibility index (Phi) is 4.06. The minimum atomic E-state index is -0.785. The largest absolute Gasteiger partial charge is 0.443 e. The van der Waals surface area contributed by atoms with Crippen molar-refractivity contribution < 1.29 is 8.83 Å². The van der Waals surface area contributed by atoms with Crippen LogP contribution in [0.15, 0.2) is 69.8 Å². The molecule has 0 fully saturated rings. The second-order valence-corrected chi connectivity index (χ2v) is 6.24. The number of nitrogens with zero attached hydrogens (tertiary/aromatic N) is 4. The average molecular weight is 347 g/mol. The first-order chi connectivity index (χ1) is 12.6. The van der Waals surface area contributed by atoms with Crippen molar-refractivity contribution in [3.05, 3.63) is 72.4 Å². The molecule has 0 spiro atoms. The molecular formula is C19H17N5O2. The maximum Gasteiger partial charge on any atom is 0.266 e. The summed E-state index contributed by atoms with van der Waals surface area (Å²) in [7, 11) is 0. The number of benzene rings is 1. The maximum atomic E-state index is 6.43. The second kappa shape index (κ2) is 6.53. The molecule has 0 aliphatic rings. The molecule has 7 heteroatoms. The Bertz CT molecular complexity index is 994. The van der Waals surface area contributed by atoms with E-state index in [-0.39, 0.29) is 0 Å². The van der Waals surface area contributed by atoms with E-state index in [9.17, 15) is 0 Å². The third-order valence-electron chi connectivity index (χ3n) is 3.95.